The molecule has 1 heterocycles. The van der Waals surface area contributed by atoms with E-state index in [2.05, 4.69) is 5.32 Å². The van der Waals surface area contributed by atoms with Gasteiger partial charge in [-0.25, -0.2) is 0 Å². The molecule has 3 N–H and O–H groups in total. The first-order valence-corrected chi connectivity index (χ1v) is 8.54. The first kappa shape index (κ1) is 18.7. The number of nitrogens with zero attached hydrogens (tertiary/aromatic N) is 1. The first-order valence-electron chi connectivity index (χ1n) is 8.17. The molecule has 2 atom stereocenters. The van der Waals surface area contributed by atoms with Gasteiger partial charge in [-0.2, -0.15) is 0 Å². The Morgan fingerprint density at radius 3 is 2.62 bits per heavy atom. The topological polar surface area (TPSA) is 84.7 Å². The number of rotatable bonds is 5. The van der Waals surface area contributed by atoms with E-state index in [4.69, 9.17) is 22.1 Å². The molecule has 0 spiro atoms. The van der Waals surface area contributed by atoms with Crippen LogP contribution in [0.4, 0.5) is 5.69 Å². The quantitative estimate of drug-likeness (QED) is 0.849. The molecule has 0 aromatic heterocycles. The molecule has 1 aromatic carbocycles. The highest BCUT2D eigenvalue weighted by atomic mass is 35.5. The molecule has 132 valence electrons. The number of halogens is 1. The van der Waals surface area contributed by atoms with E-state index >= 15 is 0 Å². The van der Waals surface area contributed by atoms with Crippen molar-refractivity contribution in [1.82, 2.24) is 4.90 Å². The van der Waals surface area contributed by atoms with Crippen molar-refractivity contribution >= 4 is 29.1 Å². The average Bonchev–Trinajstić information content (AvgIpc) is 2.60. The number of carbonyl (C=O) groups excluding carboxylic acids is 2. The highest BCUT2D eigenvalue weighted by Gasteiger charge is 2.22. The van der Waals surface area contributed by atoms with Crippen molar-refractivity contribution in [2.75, 3.05) is 31.6 Å². The second-order valence-electron chi connectivity index (χ2n) is 6.00. The molecule has 1 aliphatic rings. The summed E-state index contributed by atoms with van der Waals surface area (Å²) in [6, 6.07) is 4.30. The van der Waals surface area contributed by atoms with Crippen molar-refractivity contribution in [2.45, 2.75) is 26.3 Å². The highest BCUT2D eigenvalue weighted by molar-refractivity contribution is 6.34. The van der Waals surface area contributed by atoms with Crippen molar-refractivity contribution in [2.24, 2.45) is 11.7 Å². The third kappa shape index (κ3) is 4.47. The minimum absolute atomic E-state index is 0.0858. The summed E-state index contributed by atoms with van der Waals surface area (Å²) in [6.07, 6.45) is 0.822. The third-order valence-corrected chi connectivity index (χ3v) is 4.64. The van der Waals surface area contributed by atoms with Crippen LogP contribution in [0.25, 0.3) is 0 Å². The zero-order valence-electron chi connectivity index (χ0n) is 14.0. The number of nitrogens with two attached hydrogens (primary N) is 1. The summed E-state index contributed by atoms with van der Waals surface area (Å²) in [6.45, 7) is 6.09. The molecule has 2 rings (SSSR count). The van der Waals surface area contributed by atoms with Gasteiger partial charge in [0, 0.05) is 18.8 Å². The molecule has 1 aromatic rings. The van der Waals surface area contributed by atoms with Crippen LogP contribution in [-0.2, 0) is 9.53 Å². The predicted octanol–water partition coefficient (Wildman–Crippen LogP) is 2.12. The van der Waals surface area contributed by atoms with Crippen molar-refractivity contribution in [3.8, 4) is 0 Å². The fourth-order valence-electron chi connectivity index (χ4n) is 2.44. The molecule has 6 nitrogen and oxygen atoms in total. The highest BCUT2D eigenvalue weighted by Crippen LogP contribution is 2.23. The van der Waals surface area contributed by atoms with E-state index in [1.54, 1.807) is 23.1 Å². The van der Waals surface area contributed by atoms with Crippen molar-refractivity contribution in [1.29, 1.82) is 0 Å². The van der Waals surface area contributed by atoms with E-state index < -0.39 is 6.04 Å². The van der Waals surface area contributed by atoms with Crippen LogP contribution in [0.1, 0.15) is 30.6 Å². The lowest BCUT2D eigenvalue weighted by molar-refractivity contribution is -0.118. The Kier molecular flexibility index (Phi) is 6.60. The largest absolute Gasteiger partial charge is 0.378 e. The molecule has 24 heavy (non-hydrogen) atoms. The minimum atomic E-state index is -0.580. The Morgan fingerprint density at radius 1 is 1.38 bits per heavy atom. The van der Waals surface area contributed by atoms with Crippen LogP contribution >= 0.6 is 11.6 Å². The summed E-state index contributed by atoms with van der Waals surface area (Å²) in [4.78, 5) is 26.3. The summed E-state index contributed by atoms with van der Waals surface area (Å²) < 4.78 is 5.24. The third-order valence-electron chi connectivity index (χ3n) is 4.33. The van der Waals surface area contributed by atoms with Gasteiger partial charge >= 0.3 is 0 Å². The SMILES string of the molecule is CCC(C)C(N)C(=O)Nc1ccc(C(=O)N2CCOCC2)c(Cl)c1. The molecule has 1 fully saturated rings. The fourth-order valence-corrected chi connectivity index (χ4v) is 2.70. The van der Waals surface area contributed by atoms with Gasteiger partial charge < -0.3 is 20.7 Å². The number of nitrogens with one attached hydrogen (secondary N) is 1. The van der Waals surface area contributed by atoms with Crippen LogP contribution in [0.5, 0.6) is 0 Å². The molecule has 0 bridgehead atoms. The lowest BCUT2D eigenvalue weighted by Crippen LogP contribution is -2.41. The molecule has 2 amide bonds. The summed E-state index contributed by atoms with van der Waals surface area (Å²) in [5, 5.41) is 3.06. The monoisotopic (exact) mass is 353 g/mol. The van der Waals surface area contributed by atoms with Crippen LogP contribution < -0.4 is 11.1 Å². The Bertz CT molecular complexity index is 603. The molecular formula is C17H24ClN3O3. The van der Waals surface area contributed by atoms with Crippen molar-refractivity contribution in [3.63, 3.8) is 0 Å². The molecule has 0 aliphatic carbocycles. The van der Waals surface area contributed by atoms with Crippen molar-refractivity contribution < 1.29 is 14.3 Å². The number of hydrogen-bond donors (Lipinski definition) is 2. The van der Waals surface area contributed by atoms with Gasteiger partial charge in [0.05, 0.1) is 29.8 Å². The Balaban J connectivity index is 2.06. The van der Waals surface area contributed by atoms with Crippen LogP contribution in [-0.4, -0.2) is 49.1 Å². The second-order valence-corrected chi connectivity index (χ2v) is 6.41. The molecule has 0 radical (unpaired) electrons. The summed E-state index contributed by atoms with van der Waals surface area (Å²) in [7, 11) is 0. The maximum absolute atomic E-state index is 12.5. The molecule has 7 heteroatoms. The van der Waals surface area contributed by atoms with Gasteiger partial charge in [-0.15, -0.1) is 0 Å². The van der Waals surface area contributed by atoms with Gasteiger partial charge in [-0.05, 0) is 24.1 Å². The predicted molar refractivity (Wildman–Crippen MR) is 94.2 cm³/mol. The zero-order chi connectivity index (χ0) is 17.7. The lowest BCUT2D eigenvalue weighted by Gasteiger charge is -2.27. The fraction of sp³-hybridized carbons (Fsp3) is 0.529. The molecule has 1 saturated heterocycles. The minimum Gasteiger partial charge on any atom is -0.378 e. The van der Waals surface area contributed by atoms with Gasteiger partial charge in [-0.1, -0.05) is 31.9 Å². The summed E-state index contributed by atoms with van der Waals surface area (Å²) >= 11 is 6.24. The molecule has 2 unspecified atom stereocenters. The number of morpholine rings is 1. The van der Waals surface area contributed by atoms with Crippen LogP contribution in [0.2, 0.25) is 5.02 Å². The van der Waals surface area contributed by atoms with Gasteiger partial charge in [0.1, 0.15) is 0 Å². The maximum Gasteiger partial charge on any atom is 0.255 e. The van der Waals surface area contributed by atoms with E-state index in [9.17, 15) is 9.59 Å². The lowest BCUT2D eigenvalue weighted by atomic mass is 9.99. The van der Waals surface area contributed by atoms with E-state index in [0.29, 0.717) is 42.6 Å². The van der Waals surface area contributed by atoms with Gasteiger partial charge in [0.25, 0.3) is 5.91 Å². The van der Waals surface area contributed by atoms with E-state index in [0.717, 1.165) is 6.42 Å². The van der Waals surface area contributed by atoms with Crippen molar-refractivity contribution in [3.05, 3.63) is 28.8 Å². The number of anilines is 1. The summed E-state index contributed by atoms with van der Waals surface area (Å²) in [5.41, 5.74) is 6.86. The zero-order valence-corrected chi connectivity index (χ0v) is 14.8. The molecule has 0 saturated carbocycles. The molecule has 1 aliphatic heterocycles. The number of ether oxygens (including phenoxy) is 1. The number of amides is 2. The van der Waals surface area contributed by atoms with Gasteiger partial charge in [0.2, 0.25) is 5.91 Å². The Morgan fingerprint density at radius 2 is 2.04 bits per heavy atom. The summed E-state index contributed by atoms with van der Waals surface area (Å²) in [5.74, 6) is -0.298. The number of carbonyl (C=O) groups is 2. The average molecular weight is 354 g/mol. The normalized spacial score (nSPS) is 17.2. The molecular weight excluding hydrogens is 330 g/mol. The Hall–Kier alpha value is -1.63. The van der Waals surface area contributed by atoms with Crippen LogP contribution in [0.3, 0.4) is 0 Å². The maximum atomic E-state index is 12.5. The van der Waals surface area contributed by atoms with E-state index in [1.165, 1.54) is 0 Å². The smallest absolute Gasteiger partial charge is 0.255 e. The van der Waals surface area contributed by atoms with Gasteiger partial charge in [-0.3, -0.25) is 9.59 Å². The van der Waals surface area contributed by atoms with E-state index in [-0.39, 0.29) is 17.7 Å². The second kappa shape index (κ2) is 8.46. The van der Waals surface area contributed by atoms with Gasteiger partial charge in [0.15, 0.2) is 0 Å². The standard InChI is InChI=1S/C17H24ClN3O3/c1-3-11(2)15(19)16(22)20-12-4-5-13(14(18)10-12)17(23)21-6-8-24-9-7-21/h4-5,10-11,15H,3,6-9,19H2,1-2H3,(H,20,22). The van der Waals surface area contributed by atoms with Crippen LogP contribution in [0.15, 0.2) is 18.2 Å². The number of hydrogen-bond acceptors (Lipinski definition) is 4. The number of benzene rings is 1. The Labute approximate surface area is 147 Å². The van der Waals surface area contributed by atoms with Crippen LogP contribution in [0, 0.1) is 5.92 Å². The van der Waals surface area contributed by atoms with E-state index in [1.807, 2.05) is 13.8 Å². The first-order chi connectivity index (χ1) is 11.4.